The highest BCUT2D eigenvalue weighted by molar-refractivity contribution is 5.99. The predicted molar refractivity (Wildman–Crippen MR) is 114 cm³/mol. The normalized spacial score (nSPS) is 16.9. The van der Waals surface area contributed by atoms with Gasteiger partial charge in [-0.1, -0.05) is 24.3 Å². The molecule has 7 heteroatoms. The molecule has 29 heavy (non-hydrogen) atoms. The van der Waals surface area contributed by atoms with E-state index in [9.17, 15) is 9.90 Å². The number of carboxylic acids is 1. The highest BCUT2D eigenvalue weighted by Gasteiger charge is 2.30. The van der Waals surface area contributed by atoms with Crippen LogP contribution in [0.5, 0.6) is 5.75 Å². The third-order valence-corrected chi connectivity index (χ3v) is 5.07. The largest absolute Gasteiger partial charge is 0.494 e. The average Bonchev–Trinajstić information content (AvgIpc) is 3.19. The molecule has 2 aromatic rings. The van der Waals surface area contributed by atoms with Crippen LogP contribution < -0.4 is 20.7 Å². The molecule has 1 heterocycles. The highest BCUT2D eigenvalue weighted by Crippen LogP contribution is 2.30. The third-order valence-electron chi connectivity index (χ3n) is 5.07. The van der Waals surface area contributed by atoms with Gasteiger partial charge in [-0.2, -0.15) is 0 Å². The summed E-state index contributed by atoms with van der Waals surface area (Å²) < 4.78 is 5.93. The van der Waals surface area contributed by atoms with Gasteiger partial charge in [-0.25, -0.2) is 4.79 Å². The molecule has 2 unspecified atom stereocenters. The summed E-state index contributed by atoms with van der Waals surface area (Å²) in [6, 6.07) is 13.6. The first-order chi connectivity index (χ1) is 14.0. The highest BCUT2D eigenvalue weighted by atomic mass is 16.5. The SMILES string of the molecule is Cc1cc(OCCC2CCCN2)cc(C(C(=O)O)N(C(=N)N)c2ccccc2)c1. The number of aryl methyl sites for hydroxylation is 1. The Hall–Kier alpha value is -3.06. The van der Waals surface area contributed by atoms with Crippen LogP contribution in [0.3, 0.4) is 0 Å². The molecule has 0 radical (unpaired) electrons. The number of carbonyl (C=O) groups is 1. The number of guanidine groups is 1. The minimum atomic E-state index is -1.13. The molecule has 5 N–H and O–H groups in total. The van der Waals surface area contributed by atoms with Gasteiger partial charge in [0, 0.05) is 11.7 Å². The van der Waals surface area contributed by atoms with Gasteiger partial charge in [0.1, 0.15) is 5.75 Å². The zero-order valence-corrected chi connectivity index (χ0v) is 16.6. The molecule has 0 amide bonds. The Bertz CT molecular complexity index is 850. The fourth-order valence-corrected chi connectivity index (χ4v) is 3.76. The van der Waals surface area contributed by atoms with E-state index in [4.69, 9.17) is 15.9 Å². The van der Waals surface area contributed by atoms with Gasteiger partial charge < -0.3 is 20.9 Å². The first-order valence-corrected chi connectivity index (χ1v) is 9.84. The lowest BCUT2D eigenvalue weighted by molar-refractivity contribution is -0.138. The second-order valence-electron chi connectivity index (χ2n) is 7.34. The molecule has 2 atom stereocenters. The molecule has 0 bridgehead atoms. The van der Waals surface area contributed by atoms with E-state index in [0.717, 1.165) is 24.9 Å². The van der Waals surface area contributed by atoms with E-state index in [0.29, 0.717) is 29.6 Å². The number of benzene rings is 2. The lowest BCUT2D eigenvalue weighted by Crippen LogP contribution is -2.43. The van der Waals surface area contributed by atoms with E-state index in [1.54, 1.807) is 36.4 Å². The summed E-state index contributed by atoms with van der Waals surface area (Å²) in [5.74, 6) is -0.795. The van der Waals surface area contributed by atoms with Crippen molar-refractivity contribution in [2.24, 2.45) is 5.73 Å². The van der Waals surface area contributed by atoms with Crippen LogP contribution in [0, 0.1) is 12.3 Å². The lowest BCUT2D eigenvalue weighted by Gasteiger charge is -2.30. The molecule has 2 aromatic carbocycles. The Morgan fingerprint density at radius 2 is 2.10 bits per heavy atom. The van der Waals surface area contributed by atoms with Gasteiger partial charge in [0.05, 0.1) is 6.61 Å². The maximum absolute atomic E-state index is 12.2. The van der Waals surface area contributed by atoms with Crippen molar-refractivity contribution in [3.8, 4) is 5.75 Å². The Labute approximate surface area is 171 Å². The maximum Gasteiger partial charge on any atom is 0.331 e. The van der Waals surface area contributed by atoms with Crippen molar-refractivity contribution < 1.29 is 14.6 Å². The smallest absolute Gasteiger partial charge is 0.331 e. The Kier molecular flexibility index (Phi) is 6.72. The molecule has 1 fully saturated rings. The van der Waals surface area contributed by atoms with Crippen molar-refractivity contribution in [1.29, 1.82) is 5.41 Å². The van der Waals surface area contributed by atoms with Gasteiger partial charge in [0.2, 0.25) is 0 Å². The zero-order chi connectivity index (χ0) is 20.8. The summed E-state index contributed by atoms with van der Waals surface area (Å²) in [4.78, 5) is 13.5. The van der Waals surface area contributed by atoms with Gasteiger partial charge >= 0.3 is 5.97 Å². The number of nitrogens with zero attached hydrogens (tertiary/aromatic N) is 1. The Balaban J connectivity index is 1.85. The van der Waals surface area contributed by atoms with Gasteiger partial charge in [-0.05, 0) is 68.1 Å². The van der Waals surface area contributed by atoms with Crippen molar-refractivity contribution >= 4 is 17.6 Å². The van der Waals surface area contributed by atoms with Crippen LogP contribution >= 0.6 is 0 Å². The number of nitrogens with two attached hydrogens (primary N) is 1. The summed E-state index contributed by atoms with van der Waals surface area (Å²) in [5.41, 5.74) is 7.73. The molecule has 0 saturated carbocycles. The average molecular weight is 396 g/mol. The molecular weight excluding hydrogens is 368 g/mol. The van der Waals surface area contributed by atoms with Crippen molar-refractivity contribution in [3.63, 3.8) is 0 Å². The van der Waals surface area contributed by atoms with Crippen molar-refractivity contribution in [3.05, 3.63) is 59.7 Å². The lowest BCUT2D eigenvalue weighted by atomic mass is 10.0. The summed E-state index contributed by atoms with van der Waals surface area (Å²) in [7, 11) is 0. The minimum Gasteiger partial charge on any atom is -0.494 e. The number of hydrogen-bond acceptors (Lipinski definition) is 4. The molecule has 154 valence electrons. The number of ether oxygens (including phenoxy) is 1. The second kappa shape index (κ2) is 9.43. The third kappa shape index (κ3) is 5.26. The molecule has 3 rings (SSSR count). The maximum atomic E-state index is 12.2. The van der Waals surface area contributed by atoms with Crippen molar-refractivity contribution in [2.45, 2.75) is 38.3 Å². The minimum absolute atomic E-state index is 0.333. The monoisotopic (exact) mass is 396 g/mol. The molecule has 0 aliphatic carbocycles. The molecule has 0 aromatic heterocycles. The fourth-order valence-electron chi connectivity index (χ4n) is 3.76. The number of carboxylic acid groups (broad SMARTS) is 1. The number of nitrogens with one attached hydrogen (secondary N) is 2. The zero-order valence-electron chi connectivity index (χ0n) is 16.6. The van der Waals surface area contributed by atoms with Crippen LogP contribution in [0.2, 0.25) is 0 Å². The molecular formula is C22H28N4O3. The van der Waals surface area contributed by atoms with Crippen molar-refractivity contribution in [2.75, 3.05) is 18.1 Å². The topological polar surface area (TPSA) is 112 Å². The van der Waals surface area contributed by atoms with Crippen LogP contribution in [-0.4, -0.2) is 36.2 Å². The van der Waals surface area contributed by atoms with Crippen LogP contribution in [0.25, 0.3) is 0 Å². The van der Waals surface area contributed by atoms with E-state index in [1.165, 1.54) is 11.3 Å². The second-order valence-corrected chi connectivity index (χ2v) is 7.34. The van der Waals surface area contributed by atoms with Gasteiger partial charge in [0.15, 0.2) is 12.0 Å². The van der Waals surface area contributed by atoms with E-state index >= 15 is 0 Å². The molecule has 1 saturated heterocycles. The van der Waals surface area contributed by atoms with E-state index in [-0.39, 0.29) is 5.96 Å². The number of aliphatic carboxylic acids is 1. The fraction of sp³-hybridized carbons (Fsp3) is 0.364. The summed E-state index contributed by atoms with van der Waals surface area (Å²) in [6.45, 7) is 3.52. The van der Waals surface area contributed by atoms with Crippen LogP contribution in [0.1, 0.15) is 36.4 Å². The molecule has 0 spiro atoms. The summed E-state index contributed by atoms with van der Waals surface area (Å²) >= 11 is 0. The first kappa shape index (κ1) is 20.7. The van der Waals surface area contributed by atoms with E-state index < -0.39 is 12.0 Å². The Morgan fingerprint density at radius 1 is 1.34 bits per heavy atom. The summed E-state index contributed by atoms with van der Waals surface area (Å²) in [6.07, 6.45) is 3.27. The Morgan fingerprint density at radius 3 is 2.72 bits per heavy atom. The van der Waals surface area contributed by atoms with Gasteiger partial charge in [0.25, 0.3) is 0 Å². The van der Waals surface area contributed by atoms with Crippen LogP contribution in [0.15, 0.2) is 48.5 Å². The van der Waals surface area contributed by atoms with E-state index in [1.807, 2.05) is 19.1 Å². The van der Waals surface area contributed by atoms with E-state index in [2.05, 4.69) is 5.32 Å². The van der Waals surface area contributed by atoms with Crippen LogP contribution in [-0.2, 0) is 4.79 Å². The first-order valence-electron chi connectivity index (χ1n) is 9.84. The van der Waals surface area contributed by atoms with Gasteiger partial charge in [-0.3, -0.25) is 10.3 Å². The van der Waals surface area contributed by atoms with Crippen LogP contribution in [0.4, 0.5) is 5.69 Å². The van der Waals surface area contributed by atoms with Crippen molar-refractivity contribution in [1.82, 2.24) is 5.32 Å². The quantitative estimate of drug-likeness (QED) is 0.403. The molecule has 1 aliphatic rings. The summed E-state index contributed by atoms with van der Waals surface area (Å²) in [5, 5.41) is 21.4. The number of anilines is 1. The standard InChI is InChI=1S/C22H28N4O3/c1-15-12-16(14-19(13-15)29-11-9-17-6-5-10-25-17)20(21(27)28)26(22(23)24)18-7-3-2-4-8-18/h2-4,7-8,12-14,17,20,25H,5-6,9-11H2,1H3,(H3,23,24)(H,27,28). The molecule has 7 nitrogen and oxygen atoms in total. The van der Waals surface area contributed by atoms with Gasteiger partial charge in [-0.15, -0.1) is 0 Å². The number of hydrogen-bond donors (Lipinski definition) is 4. The predicted octanol–water partition coefficient (Wildman–Crippen LogP) is 3.04. The number of para-hydroxylation sites is 1. The number of rotatable bonds is 8. The molecule has 1 aliphatic heterocycles.